The second kappa shape index (κ2) is 12.0. The zero-order chi connectivity index (χ0) is 14.5. The number of carboxylic acids is 1. The van der Waals surface area contributed by atoms with Gasteiger partial charge in [0.25, 0.3) is 0 Å². The van der Waals surface area contributed by atoms with Crippen LogP contribution in [0.15, 0.2) is 0 Å². The highest BCUT2D eigenvalue weighted by atomic mass is 16.4. The Bertz CT molecular complexity index is 257. The molecule has 0 bridgehead atoms. The molecule has 0 fully saturated rings. The van der Waals surface area contributed by atoms with Crippen molar-refractivity contribution in [2.24, 2.45) is 11.7 Å². The number of amides is 1. The summed E-state index contributed by atoms with van der Waals surface area (Å²) in [5.41, 5.74) is 5.52. The van der Waals surface area contributed by atoms with Crippen LogP contribution in [0.25, 0.3) is 0 Å². The Hall–Kier alpha value is -1.10. The molecule has 0 rings (SSSR count). The lowest BCUT2D eigenvalue weighted by Gasteiger charge is -2.13. The molecule has 19 heavy (non-hydrogen) atoms. The number of nitrogens with two attached hydrogens (primary N) is 1. The summed E-state index contributed by atoms with van der Waals surface area (Å²) in [4.78, 5) is 21.9. The molecule has 0 aliphatic rings. The third-order valence-corrected chi connectivity index (χ3v) is 3.32. The van der Waals surface area contributed by atoms with Gasteiger partial charge in [-0.2, -0.15) is 0 Å². The molecule has 0 saturated heterocycles. The number of carbonyl (C=O) groups is 2. The van der Waals surface area contributed by atoms with E-state index >= 15 is 0 Å². The first-order chi connectivity index (χ1) is 9.10. The van der Waals surface area contributed by atoms with Crippen LogP contribution in [-0.4, -0.2) is 30.1 Å². The van der Waals surface area contributed by atoms with Crippen molar-refractivity contribution in [1.82, 2.24) is 5.32 Å². The molecule has 0 aliphatic heterocycles. The Morgan fingerprint density at radius 3 is 2.47 bits per heavy atom. The number of unbranched alkanes of at least 4 members (excludes halogenated alkanes) is 2. The smallest absolute Gasteiger partial charge is 0.303 e. The highest BCUT2D eigenvalue weighted by molar-refractivity contribution is 5.75. The molecule has 1 unspecified atom stereocenters. The number of carbonyl (C=O) groups excluding carboxylic acids is 1. The normalized spacial score (nSPS) is 12.1. The lowest BCUT2D eigenvalue weighted by Crippen LogP contribution is -2.25. The van der Waals surface area contributed by atoms with Gasteiger partial charge in [-0.15, -0.1) is 0 Å². The minimum absolute atomic E-state index is 0.0914. The zero-order valence-corrected chi connectivity index (χ0v) is 12.0. The maximum atomic E-state index is 11.6. The Labute approximate surface area is 115 Å². The SMILES string of the molecule is CCC(CCN)CCC(=O)NCCCCCC(=O)O. The van der Waals surface area contributed by atoms with Gasteiger partial charge in [0.2, 0.25) is 5.91 Å². The van der Waals surface area contributed by atoms with Crippen LogP contribution in [-0.2, 0) is 9.59 Å². The van der Waals surface area contributed by atoms with Crippen molar-refractivity contribution in [3.63, 3.8) is 0 Å². The van der Waals surface area contributed by atoms with Gasteiger partial charge in [0.15, 0.2) is 0 Å². The second-order valence-electron chi connectivity index (χ2n) is 4.94. The van der Waals surface area contributed by atoms with Crippen LogP contribution in [0.1, 0.15) is 58.3 Å². The molecular formula is C14H28N2O3. The summed E-state index contributed by atoms with van der Waals surface area (Å²) in [6.07, 6.45) is 6.10. The number of aliphatic carboxylic acids is 1. The van der Waals surface area contributed by atoms with Crippen LogP contribution in [0.2, 0.25) is 0 Å². The van der Waals surface area contributed by atoms with E-state index in [9.17, 15) is 9.59 Å². The van der Waals surface area contributed by atoms with Gasteiger partial charge in [0.05, 0.1) is 0 Å². The van der Waals surface area contributed by atoms with Crippen molar-refractivity contribution in [1.29, 1.82) is 0 Å². The summed E-state index contributed by atoms with van der Waals surface area (Å²) < 4.78 is 0. The minimum Gasteiger partial charge on any atom is -0.481 e. The van der Waals surface area contributed by atoms with Gasteiger partial charge in [-0.1, -0.05) is 19.8 Å². The van der Waals surface area contributed by atoms with Crippen molar-refractivity contribution in [2.75, 3.05) is 13.1 Å². The monoisotopic (exact) mass is 272 g/mol. The Morgan fingerprint density at radius 1 is 1.16 bits per heavy atom. The zero-order valence-electron chi connectivity index (χ0n) is 12.0. The standard InChI is InChI=1S/C14H28N2O3/c1-2-12(9-10-15)7-8-13(17)16-11-5-3-4-6-14(18)19/h12H,2-11,15H2,1H3,(H,16,17)(H,18,19). The van der Waals surface area contributed by atoms with Crippen LogP contribution in [0.4, 0.5) is 0 Å². The van der Waals surface area contributed by atoms with Gasteiger partial charge < -0.3 is 16.2 Å². The topological polar surface area (TPSA) is 92.4 Å². The fraction of sp³-hybridized carbons (Fsp3) is 0.857. The number of rotatable bonds is 12. The van der Waals surface area contributed by atoms with E-state index in [1.807, 2.05) is 0 Å². The Kier molecular flexibility index (Phi) is 11.3. The molecule has 0 aromatic heterocycles. The Balaban J connectivity index is 3.46. The summed E-state index contributed by atoms with van der Waals surface area (Å²) in [5, 5.41) is 11.3. The van der Waals surface area contributed by atoms with Crippen molar-refractivity contribution in [3.05, 3.63) is 0 Å². The van der Waals surface area contributed by atoms with Crippen molar-refractivity contribution >= 4 is 11.9 Å². The molecule has 1 atom stereocenters. The van der Waals surface area contributed by atoms with Gasteiger partial charge in [-0.3, -0.25) is 9.59 Å². The third kappa shape index (κ3) is 11.7. The quantitative estimate of drug-likeness (QED) is 0.473. The van der Waals surface area contributed by atoms with Gasteiger partial charge in [0.1, 0.15) is 0 Å². The summed E-state index contributed by atoms with van der Waals surface area (Å²) in [7, 11) is 0. The fourth-order valence-corrected chi connectivity index (χ4v) is 2.02. The molecule has 5 heteroatoms. The van der Waals surface area contributed by atoms with E-state index in [0.29, 0.717) is 31.8 Å². The Morgan fingerprint density at radius 2 is 1.89 bits per heavy atom. The molecule has 0 heterocycles. The first-order valence-electron chi connectivity index (χ1n) is 7.28. The number of nitrogens with one attached hydrogen (secondary N) is 1. The van der Waals surface area contributed by atoms with Gasteiger partial charge in [-0.25, -0.2) is 0 Å². The van der Waals surface area contributed by atoms with E-state index < -0.39 is 5.97 Å². The molecule has 0 aromatic carbocycles. The van der Waals surface area contributed by atoms with E-state index in [1.54, 1.807) is 0 Å². The summed E-state index contributed by atoms with van der Waals surface area (Å²) in [5.74, 6) is -0.116. The van der Waals surface area contributed by atoms with E-state index in [2.05, 4.69) is 12.2 Å². The molecule has 112 valence electrons. The number of hydrogen-bond donors (Lipinski definition) is 3. The van der Waals surface area contributed by atoms with Crippen LogP contribution < -0.4 is 11.1 Å². The highest BCUT2D eigenvalue weighted by Crippen LogP contribution is 2.14. The van der Waals surface area contributed by atoms with Crippen molar-refractivity contribution in [3.8, 4) is 0 Å². The molecule has 0 aliphatic carbocycles. The predicted octanol–water partition coefficient (Wildman–Crippen LogP) is 1.90. The fourth-order valence-electron chi connectivity index (χ4n) is 2.02. The number of hydrogen-bond acceptors (Lipinski definition) is 3. The molecule has 1 amide bonds. The van der Waals surface area contributed by atoms with Crippen molar-refractivity contribution < 1.29 is 14.7 Å². The van der Waals surface area contributed by atoms with Gasteiger partial charge in [-0.05, 0) is 38.1 Å². The lowest BCUT2D eigenvalue weighted by atomic mass is 9.96. The predicted molar refractivity (Wildman–Crippen MR) is 75.8 cm³/mol. The van der Waals surface area contributed by atoms with Gasteiger partial charge in [0, 0.05) is 19.4 Å². The highest BCUT2D eigenvalue weighted by Gasteiger charge is 2.08. The van der Waals surface area contributed by atoms with Crippen LogP contribution in [0, 0.1) is 5.92 Å². The van der Waals surface area contributed by atoms with E-state index in [-0.39, 0.29) is 12.3 Å². The van der Waals surface area contributed by atoms with Crippen LogP contribution in [0.5, 0.6) is 0 Å². The lowest BCUT2D eigenvalue weighted by molar-refractivity contribution is -0.137. The average molecular weight is 272 g/mol. The first kappa shape index (κ1) is 17.9. The second-order valence-corrected chi connectivity index (χ2v) is 4.94. The summed E-state index contributed by atoms with van der Waals surface area (Å²) in [6, 6.07) is 0. The van der Waals surface area contributed by atoms with Crippen LogP contribution in [0.3, 0.4) is 0 Å². The van der Waals surface area contributed by atoms with Gasteiger partial charge >= 0.3 is 5.97 Å². The van der Waals surface area contributed by atoms with E-state index in [4.69, 9.17) is 10.8 Å². The number of carboxylic acid groups (broad SMARTS) is 1. The van der Waals surface area contributed by atoms with E-state index in [1.165, 1.54) is 0 Å². The first-order valence-corrected chi connectivity index (χ1v) is 7.28. The van der Waals surface area contributed by atoms with E-state index in [0.717, 1.165) is 32.1 Å². The summed E-state index contributed by atoms with van der Waals surface area (Å²) >= 11 is 0. The van der Waals surface area contributed by atoms with Crippen molar-refractivity contribution in [2.45, 2.75) is 58.3 Å². The minimum atomic E-state index is -0.755. The molecule has 0 saturated carbocycles. The summed E-state index contributed by atoms with van der Waals surface area (Å²) in [6.45, 7) is 3.45. The molecule has 4 N–H and O–H groups in total. The molecular weight excluding hydrogens is 244 g/mol. The van der Waals surface area contributed by atoms with Crippen LogP contribution >= 0.6 is 0 Å². The molecule has 0 aromatic rings. The largest absolute Gasteiger partial charge is 0.481 e. The third-order valence-electron chi connectivity index (χ3n) is 3.32. The maximum absolute atomic E-state index is 11.6. The average Bonchev–Trinajstić information content (AvgIpc) is 2.38. The maximum Gasteiger partial charge on any atom is 0.303 e. The molecule has 0 radical (unpaired) electrons. The molecule has 0 spiro atoms. The molecule has 5 nitrogen and oxygen atoms in total.